The summed E-state index contributed by atoms with van der Waals surface area (Å²) >= 11 is 0. The molecule has 3 N–H and O–H groups in total. The minimum Gasteiger partial charge on any atom is -0.359 e. The van der Waals surface area contributed by atoms with Gasteiger partial charge in [0.2, 0.25) is 11.8 Å². The van der Waals surface area contributed by atoms with Crippen molar-refractivity contribution in [2.45, 2.75) is 52.5 Å². The second-order valence-corrected chi connectivity index (χ2v) is 7.47. The number of benzene rings is 1. The van der Waals surface area contributed by atoms with Crippen molar-refractivity contribution in [3.63, 3.8) is 0 Å². The van der Waals surface area contributed by atoms with E-state index < -0.39 is 0 Å². The van der Waals surface area contributed by atoms with Gasteiger partial charge in [-0.3, -0.25) is 9.59 Å². The Kier molecular flexibility index (Phi) is 12.4. The molecule has 2 amide bonds. The van der Waals surface area contributed by atoms with Crippen molar-refractivity contribution in [2.75, 3.05) is 32.0 Å². The van der Waals surface area contributed by atoms with Crippen molar-refractivity contribution in [1.82, 2.24) is 15.5 Å². The molecule has 0 spiro atoms. The molecule has 1 aromatic carbocycles. The minimum atomic E-state index is 0. The van der Waals surface area contributed by atoms with Crippen molar-refractivity contribution in [2.24, 2.45) is 10.9 Å². The molecule has 0 radical (unpaired) electrons. The van der Waals surface area contributed by atoms with Gasteiger partial charge in [-0.15, -0.1) is 24.0 Å². The highest BCUT2D eigenvalue weighted by Gasteiger charge is 2.23. The van der Waals surface area contributed by atoms with Crippen LogP contribution in [0.4, 0.5) is 5.69 Å². The van der Waals surface area contributed by atoms with E-state index in [1.807, 2.05) is 31.2 Å². The zero-order valence-corrected chi connectivity index (χ0v) is 20.7. The first-order valence-corrected chi connectivity index (χ1v) is 10.7. The van der Waals surface area contributed by atoms with Gasteiger partial charge < -0.3 is 20.9 Å². The van der Waals surface area contributed by atoms with Gasteiger partial charge in [0.1, 0.15) is 0 Å². The summed E-state index contributed by atoms with van der Waals surface area (Å²) in [4.78, 5) is 30.4. The standard InChI is InChI=1S/C22H35N5O2.HI/c1-4-6-20(28)26-19-9-7-18(8-10-19)16-25-22(24-5-2)27-13-11-17(12-14-27)15-21(29)23-3;/h7-10,17H,4-6,11-16H2,1-3H3,(H,23,29)(H,24,25)(H,26,28);1H. The van der Waals surface area contributed by atoms with Gasteiger partial charge in [0.25, 0.3) is 0 Å². The summed E-state index contributed by atoms with van der Waals surface area (Å²) < 4.78 is 0. The van der Waals surface area contributed by atoms with Crippen molar-refractivity contribution in [3.05, 3.63) is 29.8 Å². The number of rotatable bonds is 8. The molecule has 0 atom stereocenters. The Hall–Kier alpha value is -1.84. The number of aliphatic imine (C=N–C) groups is 1. The Bertz CT molecular complexity index is 685. The molecule has 8 heteroatoms. The smallest absolute Gasteiger partial charge is 0.224 e. The normalized spacial score (nSPS) is 14.6. The lowest BCUT2D eigenvalue weighted by Gasteiger charge is -2.34. The molecule has 1 fully saturated rings. The molecule has 7 nitrogen and oxygen atoms in total. The number of carbonyl (C=O) groups excluding carboxylic acids is 2. The Balaban J connectivity index is 0.00000450. The topological polar surface area (TPSA) is 85.8 Å². The molecule has 168 valence electrons. The predicted octanol–water partition coefficient (Wildman–Crippen LogP) is 3.36. The van der Waals surface area contributed by atoms with Gasteiger partial charge in [0.05, 0.1) is 6.54 Å². The average Bonchev–Trinajstić information content (AvgIpc) is 2.73. The molecule has 2 rings (SSSR count). The Morgan fingerprint density at radius 1 is 1.10 bits per heavy atom. The fraction of sp³-hybridized carbons (Fsp3) is 0.591. The van der Waals surface area contributed by atoms with Crippen LogP contribution in [0.1, 0.15) is 51.5 Å². The van der Waals surface area contributed by atoms with E-state index in [-0.39, 0.29) is 35.8 Å². The van der Waals surface area contributed by atoms with Gasteiger partial charge in [-0.1, -0.05) is 19.1 Å². The maximum absolute atomic E-state index is 11.7. The molecular weight excluding hydrogens is 493 g/mol. The van der Waals surface area contributed by atoms with Crippen molar-refractivity contribution >= 4 is 47.4 Å². The largest absolute Gasteiger partial charge is 0.359 e. The predicted molar refractivity (Wildman–Crippen MR) is 133 cm³/mol. The molecule has 1 saturated heterocycles. The molecule has 0 aromatic heterocycles. The molecule has 0 bridgehead atoms. The van der Waals surface area contributed by atoms with Crippen molar-refractivity contribution < 1.29 is 9.59 Å². The van der Waals surface area contributed by atoms with E-state index in [2.05, 4.69) is 27.8 Å². The Morgan fingerprint density at radius 3 is 2.33 bits per heavy atom. The van der Waals surface area contributed by atoms with E-state index in [9.17, 15) is 9.59 Å². The molecular formula is C22H36IN5O2. The van der Waals surface area contributed by atoms with Gasteiger partial charge in [-0.05, 0) is 49.8 Å². The third-order valence-corrected chi connectivity index (χ3v) is 5.13. The van der Waals surface area contributed by atoms with Crippen LogP contribution in [-0.2, 0) is 16.1 Å². The van der Waals surface area contributed by atoms with Gasteiger partial charge >= 0.3 is 0 Å². The molecule has 1 heterocycles. The third kappa shape index (κ3) is 8.89. The molecule has 1 aliphatic rings. The summed E-state index contributed by atoms with van der Waals surface area (Å²) in [6, 6.07) is 7.86. The van der Waals surface area contributed by atoms with Crippen LogP contribution in [-0.4, -0.2) is 49.4 Å². The summed E-state index contributed by atoms with van der Waals surface area (Å²) in [6.07, 6.45) is 4.00. The van der Waals surface area contributed by atoms with Crippen LogP contribution in [0, 0.1) is 5.92 Å². The maximum atomic E-state index is 11.7. The fourth-order valence-corrected chi connectivity index (χ4v) is 3.45. The lowest BCUT2D eigenvalue weighted by Crippen LogP contribution is -2.46. The van der Waals surface area contributed by atoms with Crippen molar-refractivity contribution in [1.29, 1.82) is 0 Å². The van der Waals surface area contributed by atoms with Crippen LogP contribution in [0.5, 0.6) is 0 Å². The molecule has 0 saturated carbocycles. The quantitative estimate of drug-likeness (QED) is 0.274. The van der Waals surface area contributed by atoms with E-state index in [0.29, 0.717) is 25.3 Å². The monoisotopic (exact) mass is 529 g/mol. The van der Waals surface area contributed by atoms with Crippen molar-refractivity contribution in [3.8, 4) is 0 Å². The Morgan fingerprint density at radius 2 is 1.77 bits per heavy atom. The van der Waals surface area contributed by atoms with Crippen LogP contribution in [0.3, 0.4) is 0 Å². The molecule has 0 aliphatic carbocycles. The van der Waals surface area contributed by atoms with Crippen LogP contribution in [0.2, 0.25) is 0 Å². The van der Waals surface area contributed by atoms with Crippen LogP contribution in [0.15, 0.2) is 29.3 Å². The number of nitrogens with one attached hydrogen (secondary N) is 3. The van der Waals surface area contributed by atoms with Crippen LogP contribution < -0.4 is 16.0 Å². The highest BCUT2D eigenvalue weighted by Crippen LogP contribution is 2.20. The third-order valence-electron chi connectivity index (χ3n) is 5.13. The maximum Gasteiger partial charge on any atom is 0.224 e. The number of likely N-dealkylation sites (tertiary alicyclic amines) is 1. The number of guanidine groups is 1. The number of amides is 2. The first-order chi connectivity index (χ1) is 14.0. The van der Waals surface area contributed by atoms with E-state index in [1.54, 1.807) is 7.05 Å². The number of nitrogens with zero attached hydrogens (tertiary/aromatic N) is 2. The Labute approximate surface area is 197 Å². The van der Waals surface area contributed by atoms with Gasteiger partial charge in [0.15, 0.2) is 5.96 Å². The summed E-state index contributed by atoms with van der Waals surface area (Å²) in [5, 5.41) is 9.00. The van der Waals surface area contributed by atoms with E-state index in [0.717, 1.165) is 56.1 Å². The van der Waals surface area contributed by atoms with Crippen LogP contribution in [0.25, 0.3) is 0 Å². The minimum absolute atomic E-state index is 0. The van der Waals surface area contributed by atoms with Gasteiger partial charge in [0, 0.05) is 45.2 Å². The number of anilines is 1. The average molecular weight is 529 g/mol. The van der Waals surface area contributed by atoms with Crippen LogP contribution >= 0.6 is 24.0 Å². The molecule has 1 aliphatic heterocycles. The molecule has 0 unspecified atom stereocenters. The number of piperidine rings is 1. The fourth-order valence-electron chi connectivity index (χ4n) is 3.45. The van der Waals surface area contributed by atoms with E-state index in [4.69, 9.17) is 4.99 Å². The van der Waals surface area contributed by atoms with E-state index >= 15 is 0 Å². The second-order valence-electron chi connectivity index (χ2n) is 7.47. The lowest BCUT2D eigenvalue weighted by molar-refractivity contribution is -0.121. The van der Waals surface area contributed by atoms with E-state index in [1.165, 1.54) is 0 Å². The zero-order valence-electron chi connectivity index (χ0n) is 18.4. The first-order valence-electron chi connectivity index (χ1n) is 10.7. The second kappa shape index (κ2) is 14.2. The summed E-state index contributed by atoms with van der Waals surface area (Å²) in [5.41, 5.74) is 1.92. The summed E-state index contributed by atoms with van der Waals surface area (Å²) in [7, 11) is 1.69. The number of hydrogen-bond acceptors (Lipinski definition) is 3. The highest BCUT2D eigenvalue weighted by molar-refractivity contribution is 14.0. The first kappa shape index (κ1) is 26.2. The SMILES string of the molecule is CCCC(=O)Nc1ccc(CN=C(NCC)N2CCC(CC(=O)NC)CC2)cc1.I. The zero-order chi connectivity index (χ0) is 21.1. The van der Waals surface area contributed by atoms with Gasteiger partial charge in [-0.25, -0.2) is 4.99 Å². The molecule has 30 heavy (non-hydrogen) atoms. The highest BCUT2D eigenvalue weighted by atomic mass is 127. The lowest BCUT2D eigenvalue weighted by atomic mass is 9.93. The summed E-state index contributed by atoms with van der Waals surface area (Å²) in [6.45, 7) is 7.30. The number of halogens is 1. The summed E-state index contributed by atoms with van der Waals surface area (Å²) in [5.74, 6) is 1.54. The number of carbonyl (C=O) groups is 2. The van der Waals surface area contributed by atoms with Gasteiger partial charge in [-0.2, -0.15) is 0 Å². The number of hydrogen-bond donors (Lipinski definition) is 3. The molecule has 1 aromatic rings.